The fourth-order valence-corrected chi connectivity index (χ4v) is 5.30. The van der Waals surface area contributed by atoms with E-state index in [1.165, 1.54) is 49.9 Å². The number of nitrogens with zero attached hydrogens (tertiary/aromatic N) is 5. The highest BCUT2D eigenvalue weighted by Crippen LogP contribution is 2.31. The van der Waals surface area contributed by atoms with Gasteiger partial charge in [-0.1, -0.05) is 23.8 Å². The number of carbonyl (C=O) groups is 1. The smallest absolute Gasteiger partial charge is 0.277 e. The van der Waals surface area contributed by atoms with E-state index in [-0.39, 0.29) is 11.5 Å². The normalized spacial score (nSPS) is 21.4. The van der Waals surface area contributed by atoms with Crippen LogP contribution in [0.25, 0.3) is 10.9 Å². The van der Waals surface area contributed by atoms with E-state index in [1.807, 2.05) is 17.0 Å². The monoisotopic (exact) mass is 441 g/mol. The molecule has 174 valence electrons. The molecule has 2 aliphatic rings. The summed E-state index contributed by atoms with van der Waals surface area (Å²) in [6, 6.07) is 7.82. The average Bonchev–Trinajstić information content (AvgIpc) is 2.83. The van der Waals surface area contributed by atoms with E-state index in [0.29, 0.717) is 55.4 Å². The van der Waals surface area contributed by atoms with Crippen molar-refractivity contribution in [2.24, 2.45) is 5.92 Å². The summed E-state index contributed by atoms with van der Waals surface area (Å²) in [5.41, 5.74) is 0.443. The molecule has 2 fully saturated rings. The van der Waals surface area contributed by atoms with Crippen LogP contribution in [-0.4, -0.2) is 76.6 Å². The van der Waals surface area contributed by atoms with Gasteiger partial charge < -0.3 is 14.5 Å². The minimum absolute atomic E-state index is 0.136. The van der Waals surface area contributed by atoms with Crippen molar-refractivity contribution in [3.05, 3.63) is 34.6 Å². The van der Waals surface area contributed by atoms with Crippen LogP contribution in [0, 0.1) is 5.92 Å². The minimum Gasteiger partial charge on any atom is -0.383 e. The highest BCUT2D eigenvalue weighted by atomic mass is 16.5. The Balaban J connectivity index is 1.35. The van der Waals surface area contributed by atoms with Crippen molar-refractivity contribution >= 4 is 16.8 Å². The van der Waals surface area contributed by atoms with Gasteiger partial charge in [0.05, 0.1) is 12.0 Å². The van der Waals surface area contributed by atoms with E-state index in [0.717, 1.165) is 6.54 Å². The molecule has 0 N–H and O–H groups in total. The van der Waals surface area contributed by atoms with Gasteiger partial charge in [-0.2, -0.15) is 0 Å². The Morgan fingerprint density at radius 2 is 2.03 bits per heavy atom. The molecule has 1 amide bonds. The van der Waals surface area contributed by atoms with E-state index >= 15 is 0 Å². The largest absolute Gasteiger partial charge is 0.383 e. The number of benzene rings is 1. The van der Waals surface area contributed by atoms with E-state index in [4.69, 9.17) is 4.74 Å². The van der Waals surface area contributed by atoms with Gasteiger partial charge in [0.15, 0.2) is 0 Å². The summed E-state index contributed by atoms with van der Waals surface area (Å²) in [4.78, 5) is 30.4. The number of amides is 1. The lowest BCUT2D eigenvalue weighted by Crippen LogP contribution is -2.52. The summed E-state index contributed by atoms with van der Waals surface area (Å²) in [5, 5.41) is 8.73. The standard InChI is InChI=1S/C24H35N5O3/c1-32-17-16-28(18-19-8-6-14-27-13-5-4-11-22(19)27)23(30)12-7-15-29-24(31)20-9-2-3-10-21(20)25-26-29/h2-3,9-10,19,22H,4-8,11-18H2,1H3/t19-,22+/m0/s1. The van der Waals surface area contributed by atoms with Gasteiger partial charge in [0.2, 0.25) is 5.91 Å². The third-order valence-corrected chi connectivity index (χ3v) is 6.99. The first-order valence-electron chi connectivity index (χ1n) is 12.0. The van der Waals surface area contributed by atoms with Crippen LogP contribution in [0.2, 0.25) is 0 Å². The first kappa shape index (κ1) is 22.9. The first-order valence-corrected chi connectivity index (χ1v) is 12.0. The zero-order valence-electron chi connectivity index (χ0n) is 19.1. The van der Waals surface area contributed by atoms with Crippen molar-refractivity contribution in [1.82, 2.24) is 24.8 Å². The van der Waals surface area contributed by atoms with Crippen molar-refractivity contribution in [1.29, 1.82) is 0 Å². The molecule has 2 aromatic rings. The van der Waals surface area contributed by atoms with Gasteiger partial charge in [-0.25, -0.2) is 4.68 Å². The number of carbonyl (C=O) groups excluding carboxylic acids is 1. The Hall–Kier alpha value is -2.32. The van der Waals surface area contributed by atoms with E-state index in [2.05, 4.69) is 15.2 Å². The van der Waals surface area contributed by atoms with Gasteiger partial charge in [-0.3, -0.25) is 9.59 Å². The van der Waals surface area contributed by atoms with Crippen LogP contribution in [0.4, 0.5) is 0 Å². The van der Waals surface area contributed by atoms with E-state index < -0.39 is 0 Å². The molecule has 8 heteroatoms. The van der Waals surface area contributed by atoms with Crippen LogP contribution >= 0.6 is 0 Å². The Labute approximate surface area is 189 Å². The number of rotatable bonds is 9. The number of fused-ring (bicyclic) bond motifs is 2. The van der Waals surface area contributed by atoms with E-state index in [1.54, 1.807) is 19.2 Å². The lowest BCUT2D eigenvalue weighted by atomic mass is 9.83. The SMILES string of the molecule is COCCN(C[C@@H]1CCCN2CCCC[C@H]12)C(=O)CCCn1nnc2ccccc2c1=O. The molecule has 0 unspecified atom stereocenters. The molecular formula is C24H35N5O3. The number of piperidine rings is 2. The Morgan fingerprint density at radius 1 is 1.19 bits per heavy atom. The van der Waals surface area contributed by atoms with Gasteiger partial charge in [0.1, 0.15) is 5.52 Å². The van der Waals surface area contributed by atoms with Crippen molar-refractivity contribution in [3.63, 3.8) is 0 Å². The zero-order valence-corrected chi connectivity index (χ0v) is 19.1. The number of hydrogen-bond donors (Lipinski definition) is 0. The quantitative estimate of drug-likeness (QED) is 0.594. The molecule has 32 heavy (non-hydrogen) atoms. The fourth-order valence-electron chi connectivity index (χ4n) is 5.30. The minimum atomic E-state index is -0.154. The molecule has 0 saturated carbocycles. The van der Waals surface area contributed by atoms with Gasteiger partial charge >= 0.3 is 0 Å². The third kappa shape index (κ3) is 5.35. The topological polar surface area (TPSA) is 80.6 Å². The van der Waals surface area contributed by atoms with Gasteiger partial charge in [-0.05, 0) is 63.2 Å². The highest BCUT2D eigenvalue weighted by Gasteiger charge is 2.34. The van der Waals surface area contributed by atoms with Gasteiger partial charge in [0.25, 0.3) is 5.56 Å². The summed E-state index contributed by atoms with van der Waals surface area (Å²) in [5.74, 6) is 0.676. The molecule has 1 aromatic carbocycles. The second-order valence-electron chi connectivity index (χ2n) is 9.07. The molecule has 2 atom stereocenters. The molecule has 1 aromatic heterocycles. The number of ether oxygens (including phenoxy) is 1. The Morgan fingerprint density at radius 3 is 2.91 bits per heavy atom. The molecule has 0 radical (unpaired) electrons. The third-order valence-electron chi connectivity index (χ3n) is 6.99. The number of hydrogen-bond acceptors (Lipinski definition) is 6. The molecule has 8 nitrogen and oxygen atoms in total. The van der Waals surface area contributed by atoms with Crippen molar-refractivity contribution in [2.75, 3.05) is 39.9 Å². The van der Waals surface area contributed by atoms with Crippen molar-refractivity contribution in [2.45, 2.75) is 57.5 Å². The average molecular weight is 442 g/mol. The number of aryl methyl sites for hydroxylation is 1. The van der Waals surface area contributed by atoms with Crippen LogP contribution in [-0.2, 0) is 16.1 Å². The molecule has 4 rings (SSSR count). The summed E-state index contributed by atoms with van der Waals surface area (Å²) in [6.07, 6.45) is 7.22. The van der Waals surface area contributed by atoms with Crippen LogP contribution < -0.4 is 5.56 Å². The van der Waals surface area contributed by atoms with Crippen LogP contribution in [0.15, 0.2) is 29.1 Å². The second kappa shape index (κ2) is 11.0. The van der Waals surface area contributed by atoms with Gasteiger partial charge in [0, 0.05) is 39.2 Å². The molecular weight excluding hydrogens is 406 g/mol. The summed E-state index contributed by atoms with van der Waals surface area (Å²) >= 11 is 0. The van der Waals surface area contributed by atoms with Crippen molar-refractivity contribution < 1.29 is 9.53 Å². The van der Waals surface area contributed by atoms with Crippen LogP contribution in [0.5, 0.6) is 0 Å². The van der Waals surface area contributed by atoms with E-state index in [9.17, 15) is 9.59 Å². The van der Waals surface area contributed by atoms with Crippen molar-refractivity contribution in [3.8, 4) is 0 Å². The molecule has 0 bridgehead atoms. The molecule has 3 heterocycles. The number of methoxy groups -OCH3 is 1. The first-order chi connectivity index (χ1) is 15.7. The molecule has 0 aliphatic carbocycles. The second-order valence-corrected chi connectivity index (χ2v) is 9.07. The lowest BCUT2D eigenvalue weighted by Gasteiger charge is -2.45. The Kier molecular flexibility index (Phi) is 7.86. The zero-order chi connectivity index (χ0) is 22.3. The molecule has 2 aliphatic heterocycles. The van der Waals surface area contributed by atoms with Crippen LogP contribution in [0.3, 0.4) is 0 Å². The molecule has 2 saturated heterocycles. The maximum Gasteiger partial charge on any atom is 0.277 e. The van der Waals surface area contributed by atoms with Crippen LogP contribution in [0.1, 0.15) is 44.9 Å². The fraction of sp³-hybridized carbons (Fsp3) is 0.667. The lowest BCUT2D eigenvalue weighted by molar-refractivity contribution is -0.133. The predicted octanol–water partition coefficient (Wildman–Crippen LogP) is 2.31. The Bertz CT molecular complexity index is 960. The summed E-state index contributed by atoms with van der Waals surface area (Å²) in [6.45, 7) is 4.76. The van der Waals surface area contributed by atoms with Gasteiger partial charge in [-0.15, -0.1) is 5.10 Å². The number of aromatic nitrogens is 3. The highest BCUT2D eigenvalue weighted by molar-refractivity contribution is 5.77. The predicted molar refractivity (Wildman–Crippen MR) is 123 cm³/mol. The maximum absolute atomic E-state index is 13.1. The maximum atomic E-state index is 13.1. The molecule has 0 spiro atoms. The summed E-state index contributed by atoms with van der Waals surface area (Å²) < 4.78 is 6.65. The summed E-state index contributed by atoms with van der Waals surface area (Å²) in [7, 11) is 1.68.